The highest BCUT2D eigenvalue weighted by Crippen LogP contribution is 2.37. The molecule has 7 heteroatoms. The van der Waals surface area contributed by atoms with E-state index in [1.54, 1.807) is 12.1 Å². The summed E-state index contributed by atoms with van der Waals surface area (Å²) in [5, 5.41) is 50.9. The number of phenolic OH excluding ortho intramolecular Hbond substituents is 1. The van der Waals surface area contributed by atoms with Crippen LogP contribution in [0.3, 0.4) is 0 Å². The topological polar surface area (TPSA) is 124 Å². The van der Waals surface area contributed by atoms with E-state index in [1.807, 2.05) is 30.3 Å². The molecule has 2 aromatic carbocycles. The van der Waals surface area contributed by atoms with Gasteiger partial charge in [0.25, 0.3) is 0 Å². The predicted molar refractivity (Wildman–Crippen MR) is 99.8 cm³/mol. The number of rotatable bonds is 4. The Morgan fingerprint density at radius 2 is 1.68 bits per heavy atom. The standard InChI is InChI=1S/C21H22O7/c22-10-17-18(24)19(25)20(26)21(28-17)14-8-11(5-6-15(14)23)7-13-9-12-3-1-2-4-16(12)27-13/h1-6,8-9,17-26H,7,10H2/t17?,18-,19+,20-,21?/m1/s1. The molecule has 148 valence electrons. The van der Waals surface area contributed by atoms with Crippen LogP contribution in [0.1, 0.15) is 23.0 Å². The zero-order chi connectivity index (χ0) is 19.8. The van der Waals surface area contributed by atoms with Crippen LogP contribution in [0.2, 0.25) is 0 Å². The summed E-state index contributed by atoms with van der Waals surface area (Å²) in [5.74, 6) is 0.629. The monoisotopic (exact) mass is 386 g/mol. The first-order valence-electron chi connectivity index (χ1n) is 9.07. The van der Waals surface area contributed by atoms with Gasteiger partial charge in [0.05, 0.1) is 6.61 Å². The Hall–Kier alpha value is -2.42. The number of fused-ring (bicyclic) bond motifs is 1. The molecule has 0 radical (unpaired) electrons. The number of aromatic hydroxyl groups is 1. The number of hydrogen-bond donors (Lipinski definition) is 5. The Kier molecular flexibility index (Phi) is 5.09. The number of aliphatic hydroxyl groups is 4. The molecule has 7 nitrogen and oxygen atoms in total. The Labute approximate surface area is 161 Å². The first-order chi connectivity index (χ1) is 13.5. The maximum absolute atomic E-state index is 10.3. The van der Waals surface area contributed by atoms with E-state index in [2.05, 4.69) is 0 Å². The smallest absolute Gasteiger partial charge is 0.134 e. The molecule has 0 spiro atoms. The zero-order valence-corrected chi connectivity index (χ0v) is 15.0. The Morgan fingerprint density at radius 1 is 0.893 bits per heavy atom. The minimum Gasteiger partial charge on any atom is -0.508 e. The molecule has 0 aliphatic carbocycles. The van der Waals surface area contributed by atoms with Gasteiger partial charge in [0, 0.05) is 17.4 Å². The predicted octanol–water partition coefficient (Wildman–Crippen LogP) is 1.24. The molecule has 5 N–H and O–H groups in total. The Balaban J connectivity index is 1.63. The maximum atomic E-state index is 10.3. The lowest BCUT2D eigenvalue weighted by Crippen LogP contribution is -2.55. The Morgan fingerprint density at radius 3 is 2.43 bits per heavy atom. The van der Waals surface area contributed by atoms with E-state index in [1.165, 1.54) is 6.07 Å². The second-order valence-electron chi connectivity index (χ2n) is 7.07. The van der Waals surface area contributed by atoms with Gasteiger partial charge in [-0.3, -0.25) is 0 Å². The third-order valence-corrected chi connectivity index (χ3v) is 5.15. The SMILES string of the molecule is OCC1OC(c2cc(Cc3cc4ccccc4o3)ccc2O)[C@H](O)[C@@H](O)[C@@H]1O. The lowest BCUT2D eigenvalue weighted by Gasteiger charge is -2.40. The molecule has 1 aromatic heterocycles. The van der Waals surface area contributed by atoms with Crippen molar-refractivity contribution in [2.75, 3.05) is 6.61 Å². The van der Waals surface area contributed by atoms with Gasteiger partial charge in [-0.1, -0.05) is 24.3 Å². The molecule has 28 heavy (non-hydrogen) atoms. The van der Waals surface area contributed by atoms with Crippen LogP contribution in [-0.4, -0.2) is 56.6 Å². The molecule has 1 saturated heterocycles. The summed E-state index contributed by atoms with van der Waals surface area (Å²) in [6.45, 7) is -0.527. The van der Waals surface area contributed by atoms with Crippen molar-refractivity contribution in [3.05, 3.63) is 65.4 Å². The molecule has 2 heterocycles. The number of hydrogen-bond acceptors (Lipinski definition) is 7. The van der Waals surface area contributed by atoms with Crippen LogP contribution in [0.5, 0.6) is 5.75 Å². The van der Waals surface area contributed by atoms with Gasteiger partial charge < -0.3 is 34.7 Å². The van der Waals surface area contributed by atoms with E-state index >= 15 is 0 Å². The number of aliphatic hydroxyl groups excluding tert-OH is 4. The minimum absolute atomic E-state index is 0.113. The van der Waals surface area contributed by atoms with Gasteiger partial charge in [-0.05, 0) is 29.8 Å². The van der Waals surface area contributed by atoms with E-state index in [4.69, 9.17) is 9.15 Å². The molecular weight excluding hydrogens is 364 g/mol. The van der Waals surface area contributed by atoms with Crippen LogP contribution in [0, 0.1) is 0 Å². The number of phenols is 1. The second kappa shape index (κ2) is 7.54. The average Bonchev–Trinajstić information content (AvgIpc) is 3.10. The average molecular weight is 386 g/mol. The molecule has 1 aliphatic heterocycles. The van der Waals surface area contributed by atoms with Crippen LogP contribution in [0.4, 0.5) is 0 Å². The lowest BCUT2D eigenvalue weighted by molar-refractivity contribution is -0.232. The molecule has 1 aliphatic rings. The van der Waals surface area contributed by atoms with E-state index in [-0.39, 0.29) is 11.3 Å². The maximum Gasteiger partial charge on any atom is 0.134 e. The molecule has 4 rings (SSSR count). The van der Waals surface area contributed by atoms with E-state index in [0.29, 0.717) is 6.42 Å². The first kappa shape index (κ1) is 18.9. The molecule has 3 aromatic rings. The zero-order valence-electron chi connectivity index (χ0n) is 15.0. The number of benzene rings is 2. The fourth-order valence-electron chi connectivity index (χ4n) is 3.63. The third kappa shape index (κ3) is 3.39. The molecular formula is C21H22O7. The fraction of sp³-hybridized carbons (Fsp3) is 0.333. The summed E-state index contributed by atoms with van der Waals surface area (Å²) < 4.78 is 11.4. The summed E-state index contributed by atoms with van der Waals surface area (Å²) in [5.41, 5.74) is 1.86. The number of para-hydroxylation sites is 1. The van der Waals surface area contributed by atoms with Gasteiger partial charge in [0.15, 0.2) is 0 Å². The second-order valence-corrected chi connectivity index (χ2v) is 7.07. The molecule has 0 bridgehead atoms. The van der Waals surface area contributed by atoms with Gasteiger partial charge in [-0.15, -0.1) is 0 Å². The van der Waals surface area contributed by atoms with Crippen molar-refractivity contribution in [3.8, 4) is 5.75 Å². The minimum atomic E-state index is -1.51. The van der Waals surface area contributed by atoms with Gasteiger partial charge in [0.1, 0.15) is 47.6 Å². The molecule has 2 unspecified atom stereocenters. The summed E-state index contributed by atoms with van der Waals surface area (Å²) in [6, 6.07) is 14.5. The molecule has 5 atom stereocenters. The number of ether oxygens (including phenoxy) is 1. The quantitative estimate of drug-likeness (QED) is 0.457. The fourth-order valence-corrected chi connectivity index (χ4v) is 3.63. The van der Waals surface area contributed by atoms with Crippen molar-refractivity contribution < 1.29 is 34.7 Å². The Bertz CT molecular complexity index is 931. The molecule has 0 amide bonds. The summed E-state index contributed by atoms with van der Waals surface area (Å²) in [4.78, 5) is 0. The summed E-state index contributed by atoms with van der Waals surface area (Å²) in [7, 11) is 0. The molecule has 1 fully saturated rings. The van der Waals surface area contributed by atoms with Gasteiger partial charge in [-0.2, -0.15) is 0 Å². The third-order valence-electron chi connectivity index (χ3n) is 5.15. The van der Waals surface area contributed by atoms with Crippen LogP contribution in [-0.2, 0) is 11.2 Å². The number of furan rings is 1. The highest BCUT2D eigenvalue weighted by molar-refractivity contribution is 5.77. The van der Waals surface area contributed by atoms with Crippen LogP contribution >= 0.6 is 0 Å². The van der Waals surface area contributed by atoms with E-state index < -0.39 is 37.1 Å². The lowest BCUT2D eigenvalue weighted by atomic mass is 9.90. The van der Waals surface area contributed by atoms with Crippen molar-refractivity contribution >= 4 is 11.0 Å². The first-order valence-corrected chi connectivity index (χ1v) is 9.07. The summed E-state index contributed by atoms with van der Waals surface area (Å²) in [6.07, 6.45) is -6.08. The van der Waals surface area contributed by atoms with Gasteiger partial charge in [0.2, 0.25) is 0 Å². The summed E-state index contributed by atoms with van der Waals surface area (Å²) >= 11 is 0. The van der Waals surface area contributed by atoms with Gasteiger partial charge >= 0.3 is 0 Å². The van der Waals surface area contributed by atoms with Crippen LogP contribution < -0.4 is 0 Å². The van der Waals surface area contributed by atoms with Crippen LogP contribution in [0.15, 0.2) is 52.9 Å². The van der Waals surface area contributed by atoms with Crippen molar-refractivity contribution in [2.45, 2.75) is 36.9 Å². The molecule has 0 saturated carbocycles. The van der Waals surface area contributed by atoms with Gasteiger partial charge in [-0.25, -0.2) is 0 Å². The van der Waals surface area contributed by atoms with Crippen molar-refractivity contribution in [2.24, 2.45) is 0 Å². The normalized spacial score (nSPS) is 27.9. The van der Waals surface area contributed by atoms with E-state index in [0.717, 1.165) is 22.3 Å². The van der Waals surface area contributed by atoms with Crippen molar-refractivity contribution in [1.29, 1.82) is 0 Å². The van der Waals surface area contributed by atoms with E-state index in [9.17, 15) is 25.5 Å². The van der Waals surface area contributed by atoms with Crippen molar-refractivity contribution in [3.63, 3.8) is 0 Å². The highest BCUT2D eigenvalue weighted by Gasteiger charge is 2.44. The van der Waals surface area contributed by atoms with Crippen LogP contribution in [0.25, 0.3) is 11.0 Å². The highest BCUT2D eigenvalue weighted by atomic mass is 16.5. The largest absolute Gasteiger partial charge is 0.508 e. The van der Waals surface area contributed by atoms with Crippen molar-refractivity contribution in [1.82, 2.24) is 0 Å².